The number of carbonyl (C=O) groups excluding carboxylic acids is 1. The second-order valence-electron chi connectivity index (χ2n) is 6.43. The molecular formula is C16H31N3O. The molecule has 3 atom stereocenters. The van der Waals surface area contributed by atoms with Gasteiger partial charge in [0, 0.05) is 32.2 Å². The van der Waals surface area contributed by atoms with E-state index in [2.05, 4.69) is 24.1 Å². The van der Waals surface area contributed by atoms with E-state index in [-0.39, 0.29) is 5.91 Å². The first kappa shape index (κ1) is 15.8. The van der Waals surface area contributed by atoms with Gasteiger partial charge < -0.3 is 10.2 Å². The normalized spacial score (nSPS) is 31.1. The van der Waals surface area contributed by atoms with Crippen molar-refractivity contribution in [3.63, 3.8) is 0 Å². The number of nitrogens with one attached hydrogen (secondary N) is 1. The molecule has 2 aliphatic rings. The van der Waals surface area contributed by atoms with E-state index in [0.717, 1.165) is 50.6 Å². The summed E-state index contributed by atoms with van der Waals surface area (Å²) in [6.45, 7) is 12.0. The summed E-state index contributed by atoms with van der Waals surface area (Å²) in [6.07, 6.45) is 4.02. The fraction of sp³-hybridized carbons (Fsp3) is 0.938. The van der Waals surface area contributed by atoms with Crippen LogP contribution in [0.1, 0.15) is 40.0 Å². The van der Waals surface area contributed by atoms with Crippen molar-refractivity contribution in [1.82, 2.24) is 15.1 Å². The summed E-state index contributed by atoms with van der Waals surface area (Å²) in [5.41, 5.74) is 0. The molecule has 4 nitrogen and oxygen atoms in total. The van der Waals surface area contributed by atoms with Gasteiger partial charge >= 0.3 is 0 Å². The van der Waals surface area contributed by atoms with Gasteiger partial charge in [-0.2, -0.15) is 0 Å². The molecule has 0 bridgehead atoms. The Bertz CT molecular complexity index is 313. The molecule has 0 aromatic carbocycles. The van der Waals surface area contributed by atoms with Crippen LogP contribution < -0.4 is 5.32 Å². The maximum absolute atomic E-state index is 12.0. The second-order valence-corrected chi connectivity index (χ2v) is 6.43. The molecule has 20 heavy (non-hydrogen) atoms. The van der Waals surface area contributed by atoms with Crippen molar-refractivity contribution < 1.29 is 4.79 Å². The van der Waals surface area contributed by atoms with E-state index in [1.54, 1.807) is 0 Å². The maximum Gasteiger partial charge on any atom is 0.236 e. The molecular weight excluding hydrogens is 250 g/mol. The Morgan fingerprint density at radius 2 is 1.90 bits per heavy atom. The Kier molecular flexibility index (Phi) is 5.85. The maximum atomic E-state index is 12.0. The molecule has 116 valence electrons. The quantitative estimate of drug-likeness (QED) is 0.802. The third-order valence-electron chi connectivity index (χ3n) is 5.12. The highest BCUT2D eigenvalue weighted by Crippen LogP contribution is 2.41. The molecule has 1 aliphatic heterocycles. The van der Waals surface area contributed by atoms with Gasteiger partial charge in [0.05, 0.1) is 6.54 Å². The number of piperazine rings is 1. The first-order valence-corrected chi connectivity index (χ1v) is 8.39. The minimum Gasteiger partial charge on any atom is -0.339 e. The molecule has 1 heterocycles. The molecule has 1 saturated heterocycles. The van der Waals surface area contributed by atoms with Crippen molar-refractivity contribution in [3.8, 4) is 0 Å². The number of likely N-dealkylation sites (N-methyl/N-ethyl adjacent to an activating group) is 1. The largest absolute Gasteiger partial charge is 0.339 e. The zero-order chi connectivity index (χ0) is 14.5. The van der Waals surface area contributed by atoms with Gasteiger partial charge in [0.2, 0.25) is 5.91 Å². The van der Waals surface area contributed by atoms with Crippen molar-refractivity contribution in [2.45, 2.75) is 46.1 Å². The van der Waals surface area contributed by atoms with Crippen LogP contribution in [0.25, 0.3) is 0 Å². The van der Waals surface area contributed by atoms with Crippen LogP contribution in [0.3, 0.4) is 0 Å². The van der Waals surface area contributed by atoms with Gasteiger partial charge in [-0.25, -0.2) is 0 Å². The molecule has 0 aromatic heterocycles. The fourth-order valence-corrected chi connectivity index (χ4v) is 3.79. The van der Waals surface area contributed by atoms with Crippen LogP contribution in [-0.4, -0.2) is 61.0 Å². The molecule has 3 unspecified atom stereocenters. The molecule has 0 spiro atoms. The van der Waals surface area contributed by atoms with Crippen molar-refractivity contribution in [1.29, 1.82) is 0 Å². The van der Waals surface area contributed by atoms with E-state index < -0.39 is 0 Å². The number of nitrogens with zero attached hydrogens (tertiary/aromatic N) is 2. The lowest BCUT2D eigenvalue weighted by Gasteiger charge is -2.51. The van der Waals surface area contributed by atoms with Crippen LogP contribution in [0.2, 0.25) is 0 Å². The van der Waals surface area contributed by atoms with Crippen LogP contribution in [0.5, 0.6) is 0 Å². The predicted octanol–water partition coefficient (Wildman–Crippen LogP) is 1.56. The zero-order valence-electron chi connectivity index (χ0n) is 13.4. The molecule has 2 rings (SSSR count). The second kappa shape index (κ2) is 7.41. The summed E-state index contributed by atoms with van der Waals surface area (Å²) < 4.78 is 0. The standard InChI is InChI=1S/C16H31N3O/c1-4-6-14-13(3)11-15(14)18-7-9-19(10-8-18)16(20)12-17-5-2/h13-15,17H,4-12H2,1-3H3. The summed E-state index contributed by atoms with van der Waals surface area (Å²) in [4.78, 5) is 16.6. The Balaban J connectivity index is 1.75. The fourth-order valence-electron chi connectivity index (χ4n) is 3.79. The SMILES string of the molecule is CCCC1C(C)CC1N1CCN(C(=O)CNCC)CC1. The summed E-state index contributed by atoms with van der Waals surface area (Å²) >= 11 is 0. The number of hydrogen-bond donors (Lipinski definition) is 1. The Labute approximate surface area is 123 Å². The third kappa shape index (κ3) is 3.53. The minimum atomic E-state index is 0.263. The van der Waals surface area contributed by atoms with Gasteiger partial charge in [0.15, 0.2) is 0 Å². The molecule has 1 N–H and O–H groups in total. The van der Waals surface area contributed by atoms with Crippen LogP contribution in [0.15, 0.2) is 0 Å². The van der Waals surface area contributed by atoms with E-state index in [4.69, 9.17) is 0 Å². The predicted molar refractivity (Wildman–Crippen MR) is 82.7 cm³/mol. The highest BCUT2D eigenvalue weighted by Gasteiger charge is 2.41. The van der Waals surface area contributed by atoms with Crippen LogP contribution in [0, 0.1) is 11.8 Å². The number of amides is 1. The minimum absolute atomic E-state index is 0.263. The highest BCUT2D eigenvalue weighted by molar-refractivity contribution is 5.78. The molecule has 0 aromatic rings. The van der Waals surface area contributed by atoms with Crippen LogP contribution in [0.4, 0.5) is 0 Å². The lowest BCUT2D eigenvalue weighted by molar-refractivity contribution is -0.133. The lowest BCUT2D eigenvalue weighted by Crippen LogP contribution is -2.59. The highest BCUT2D eigenvalue weighted by atomic mass is 16.2. The summed E-state index contributed by atoms with van der Waals surface area (Å²) in [6, 6.07) is 0.788. The number of carbonyl (C=O) groups is 1. The first-order valence-electron chi connectivity index (χ1n) is 8.39. The number of rotatable bonds is 6. The van der Waals surface area contributed by atoms with Crippen molar-refractivity contribution in [2.75, 3.05) is 39.3 Å². The van der Waals surface area contributed by atoms with Gasteiger partial charge in [-0.15, -0.1) is 0 Å². The average Bonchev–Trinajstić information content (AvgIpc) is 2.48. The van der Waals surface area contributed by atoms with Gasteiger partial charge in [0.25, 0.3) is 0 Å². The van der Waals surface area contributed by atoms with Gasteiger partial charge in [-0.3, -0.25) is 9.69 Å². The van der Waals surface area contributed by atoms with E-state index in [1.165, 1.54) is 19.3 Å². The van der Waals surface area contributed by atoms with Crippen molar-refractivity contribution >= 4 is 5.91 Å². The Morgan fingerprint density at radius 1 is 1.20 bits per heavy atom. The Hall–Kier alpha value is -0.610. The van der Waals surface area contributed by atoms with Gasteiger partial charge in [0.1, 0.15) is 0 Å². The van der Waals surface area contributed by atoms with E-state index >= 15 is 0 Å². The molecule has 2 fully saturated rings. The summed E-state index contributed by atoms with van der Waals surface area (Å²) in [5.74, 6) is 2.05. The zero-order valence-corrected chi connectivity index (χ0v) is 13.4. The van der Waals surface area contributed by atoms with Crippen LogP contribution in [-0.2, 0) is 4.79 Å². The number of hydrogen-bond acceptors (Lipinski definition) is 3. The van der Waals surface area contributed by atoms with E-state index in [9.17, 15) is 4.79 Å². The van der Waals surface area contributed by atoms with Crippen molar-refractivity contribution in [3.05, 3.63) is 0 Å². The summed E-state index contributed by atoms with van der Waals surface area (Å²) in [5, 5.41) is 3.13. The summed E-state index contributed by atoms with van der Waals surface area (Å²) in [7, 11) is 0. The Morgan fingerprint density at radius 3 is 2.45 bits per heavy atom. The lowest BCUT2D eigenvalue weighted by atomic mass is 9.67. The molecule has 0 radical (unpaired) electrons. The van der Waals surface area contributed by atoms with Gasteiger partial charge in [-0.05, 0) is 31.2 Å². The third-order valence-corrected chi connectivity index (χ3v) is 5.12. The van der Waals surface area contributed by atoms with Crippen LogP contribution >= 0.6 is 0 Å². The molecule has 1 amide bonds. The monoisotopic (exact) mass is 281 g/mol. The average molecular weight is 281 g/mol. The molecule has 1 saturated carbocycles. The topological polar surface area (TPSA) is 35.6 Å². The van der Waals surface area contributed by atoms with E-state index in [1.807, 2.05) is 11.8 Å². The van der Waals surface area contributed by atoms with E-state index in [0.29, 0.717) is 6.54 Å². The molecule has 4 heteroatoms. The first-order chi connectivity index (χ1) is 9.67. The smallest absolute Gasteiger partial charge is 0.236 e. The molecule has 1 aliphatic carbocycles. The van der Waals surface area contributed by atoms with Gasteiger partial charge in [-0.1, -0.05) is 27.2 Å². The van der Waals surface area contributed by atoms with Crippen molar-refractivity contribution in [2.24, 2.45) is 11.8 Å².